The van der Waals surface area contributed by atoms with Crippen molar-refractivity contribution in [2.75, 3.05) is 53.7 Å². The molecule has 252 valence electrons. The third-order valence-electron chi connectivity index (χ3n) is 7.69. The maximum Gasteiger partial charge on any atom is 0.416 e. The van der Waals surface area contributed by atoms with Gasteiger partial charge in [-0.1, -0.05) is 42.5 Å². The number of benzene rings is 4. The average Bonchev–Trinajstić information content (AvgIpc) is 3.06. The molecule has 0 radical (unpaired) electrons. The molecule has 1 saturated heterocycles. The smallest absolute Gasteiger partial charge is 0.416 e. The number of hydrogen-bond donors (Lipinski definition) is 3. The Hall–Kier alpha value is -5.40. The minimum Gasteiger partial charge on any atom is -0.495 e. The summed E-state index contributed by atoms with van der Waals surface area (Å²) in [6, 6.07) is 21.1. The number of piperazine rings is 1. The number of carbonyl (C=O) groups excluding carboxylic acids is 2. The van der Waals surface area contributed by atoms with Crippen molar-refractivity contribution in [1.29, 1.82) is 0 Å². The molecule has 4 aromatic rings. The predicted octanol–water partition coefficient (Wildman–Crippen LogP) is 7.63. The lowest BCUT2D eigenvalue weighted by atomic mass is 10.1. The van der Waals surface area contributed by atoms with Crippen LogP contribution >= 0.6 is 0 Å². The summed E-state index contributed by atoms with van der Waals surface area (Å²) in [5.74, 6) is 0.290. The van der Waals surface area contributed by atoms with Crippen molar-refractivity contribution in [3.63, 3.8) is 0 Å². The highest BCUT2D eigenvalue weighted by Gasteiger charge is 2.37. The summed E-state index contributed by atoms with van der Waals surface area (Å²) in [6.07, 6.45) is -10.2. The number of amides is 3. The molecular formula is C34H31F6N5O3. The number of anilines is 4. The first-order valence-electron chi connectivity index (χ1n) is 14.8. The first-order valence-corrected chi connectivity index (χ1v) is 14.8. The summed E-state index contributed by atoms with van der Waals surface area (Å²) in [7, 11) is 1.60. The van der Waals surface area contributed by atoms with E-state index in [4.69, 9.17) is 4.74 Å². The number of para-hydroxylation sites is 2. The number of nitrogens with zero attached hydrogens (tertiary/aromatic N) is 2. The van der Waals surface area contributed by atoms with Crippen LogP contribution in [0.15, 0.2) is 91.0 Å². The molecule has 0 unspecified atom stereocenters. The Labute approximate surface area is 272 Å². The number of ether oxygens (including phenoxy) is 1. The van der Waals surface area contributed by atoms with E-state index in [1.54, 1.807) is 13.2 Å². The Kier molecular flexibility index (Phi) is 10.0. The zero-order valence-corrected chi connectivity index (χ0v) is 25.6. The van der Waals surface area contributed by atoms with Crippen LogP contribution in [-0.4, -0.2) is 45.2 Å². The summed E-state index contributed by atoms with van der Waals surface area (Å²) in [4.78, 5) is 30.5. The maximum atomic E-state index is 13.5. The lowest BCUT2D eigenvalue weighted by molar-refractivity contribution is -0.143. The Balaban J connectivity index is 1.37. The largest absolute Gasteiger partial charge is 0.495 e. The molecule has 3 amide bonds. The summed E-state index contributed by atoms with van der Waals surface area (Å²) >= 11 is 0. The van der Waals surface area contributed by atoms with Gasteiger partial charge in [0.1, 0.15) is 5.75 Å². The normalized spacial score (nSPS) is 13.6. The highest BCUT2D eigenvalue weighted by molar-refractivity contribution is 6.04. The topological polar surface area (TPSA) is 85.9 Å². The third kappa shape index (κ3) is 8.30. The van der Waals surface area contributed by atoms with Gasteiger partial charge in [-0.3, -0.25) is 4.79 Å². The molecule has 1 aliphatic heterocycles. The van der Waals surface area contributed by atoms with Gasteiger partial charge in [0.2, 0.25) is 0 Å². The zero-order valence-electron chi connectivity index (χ0n) is 25.6. The van der Waals surface area contributed by atoms with Gasteiger partial charge in [-0.25, -0.2) is 4.79 Å². The van der Waals surface area contributed by atoms with E-state index in [1.165, 1.54) is 12.1 Å². The van der Waals surface area contributed by atoms with E-state index < -0.39 is 41.1 Å². The predicted molar refractivity (Wildman–Crippen MR) is 171 cm³/mol. The second-order valence-corrected chi connectivity index (χ2v) is 10.9. The summed E-state index contributed by atoms with van der Waals surface area (Å²) in [6.45, 7) is 2.54. The molecule has 0 aliphatic carbocycles. The van der Waals surface area contributed by atoms with Gasteiger partial charge in [-0.05, 0) is 54.1 Å². The van der Waals surface area contributed by atoms with Gasteiger partial charge in [0.25, 0.3) is 5.91 Å². The van der Waals surface area contributed by atoms with E-state index in [2.05, 4.69) is 15.5 Å². The van der Waals surface area contributed by atoms with Crippen LogP contribution in [0, 0.1) is 0 Å². The second-order valence-electron chi connectivity index (χ2n) is 10.9. The number of halogens is 6. The zero-order chi connectivity index (χ0) is 34.5. The molecule has 0 bridgehead atoms. The van der Waals surface area contributed by atoms with E-state index >= 15 is 0 Å². The van der Waals surface area contributed by atoms with Crippen LogP contribution in [0.3, 0.4) is 0 Å². The van der Waals surface area contributed by atoms with Crippen molar-refractivity contribution in [1.82, 2.24) is 5.32 Å². The second kappa shape index (κ2) is 14.2. The van der Waals surface area contributed by atoms with Crippen LogP contribution in [0.1, 0.15) is 27.0 Å². The van der Waals surface area contributed by atoms with Gasteiger partial charge in [0.05, 0.1) is 29.5 Å². The molecule has 0 atom stereocenters. The van der Waals surface area contributed by atoms with Gasteiger partial charge in [-0.2, -0.15) is 26.3 Å². The highest BCUT2D eigenvalue weighted by atomic mass is 19.4. The van der Waals surface area contributed by atoms with E-state index in [-0.39, 0.29) is 23.9 Å². The van der Waals surface area contributed by atoms with Crippen molar-refractivity contribution in [2.45, 2.75) is 18.9 Å². The number of urea groups is 1. The Bertz CT molecular complexity index is 1720. The minimum absolute atomic E-state index is 0.0295. The summed E-state index contributed by atoms with van der Waals surface area (Å²) < 4.78 is 85.3. The third-order valence-corrected chi connectivity index (χ3v) is 7.69. The van der Waals surface area contributed by atoms with Gasteiger partial charge >= 0.3 is 18.4 Å². The fourth-order valence-electron chi connectivity index (χ4n) is 5.34. The molecule has 48 heavy (non-hydrogen) atoms. The summed E-state index contributed by atoms with van der Waals surface area (Å²) in [5.41, 5.74) is -1.16. The van der Waals surface area contributed by atoms with E-state index in [1.807, 2.05) is 64.8 Å². The molecule has 8 nitrogen and oxygen atoms in total. The molecule has 0 saturated carbocycles. The summed E-state index contributed by atoms with van der Waals surface area (Å²) in [5, 5.41) is 7.33. The van der Waals surface area contributed by atoms with Crippen molar-refractivity contribution >= 4 is 34.7 Å². The molecule has 0 spiro atoms. The Morgan fingerprint density at radius 2 is 1.25 bits per heavy atom. The lowest BCUT2D eigenvalue weighted by Gasteiger charge is -2.38. The minimum atomic E-state index is -5.08. The molecule has 3 N–H and O–H groups in total. The van der Waals surface area contributed by atoms with Crippen LogP contribution in [0.25, 0.3) is 0 Å². The number of alkyl halides is 6. The molecular weight excluding hydrogens is 640 g/mol. The van der Waals surface area contributed by atoms with Crippen molar-refractivity contribution in [3.05, 3.63) is 113 Å². The van der Waals surface area contributed by atoms with E-state index in [9.17, 15) is 35.9 Å². The molecule has 0 aromatic heterocycles. The first kappa shape index (κ1) is 33.9. The van der Waals surface area contributed by atoms with Gasteiger partial charge in [0, 0.05) is 49.8 Å². The van der Waals surface area contributed by atoms with Crippen molar-refractivity contribution in [2.24, 2.45) is 0 Å². The molecule has 5 rings (SSSR count). The van der Waals surface area contributed by atoms with Crippen LogP contribution < -0.4 is 30.5 Å². The fourth-order valence-corrected chi connectivity index (χ4v) is 5.34. The van der Waals surface area contributed by atoms with Crippen LogP contribution in [-0.2, 0) is 18.9 Å². The molecule has 1 aliphatic rings. The standard InChI is InChI=1S/C34H31F6N5O3/c1-48-30-10-6-5-9-29(30)45-15-13-44(14-16-45)28-12-11-25(20-27(28)31(46)41-21-22-7-3-2-4-8-22)42-32(47)43-26-18-23(33(35,36)37)17-24(19-26)34(38,39)40/h2-12,17-20H,13-16,21H2,1H3,(H,41,46)(H2,42,43,47). The van der Waals surface area contributed by atoms with Crippen LogP contribution in [0.2, 0.25) is 0 Å². The van der Waals surface area contributed by atoms with E-state index in [0.29, 0.717) is 44.0 Å². The number of hydrogen-bond acceptors (Lipinski definition) is 5. The van der Waals surface area contributed by atoms with Crippen LogP contribution in [0.4, 0.5) is 53.9 Å². The van der Waals surface area contributed by atoms with E-state index in [0.717, 1.165) is 17.0 Å². The highest BCUT2D eigenvalue weighted by Crippen LogP contribution is 2.38. The van der Waals surface area contributed by atoms with Gasteiger partial charge < -0.3 is 30.5 Å². The number of nitrogens with one attached hydrogen (secondary N) is 3. The lowest BCUT2D eigenvalue weighted by Crippen LogP contribution is -2.47. The van der Waals surface area contributed by atoms with Gasteiger partial charge in [-0.15, -0.1) is 0 Å². The quantitative estimate of drug-likeness (QED) is 0.168. The number of carbonyl (C=O) groups is 2. The van der Waals surface area contributed by atoms with Crippen molar-refractivity contribution < 1.29 is 40.7 Å². The molecule has 14 heteroatoms. The van der Waals surface area contributed by atoms with Gasteiger partial charge in [0.15, 0.2) is 0 Å². The number of methoxy groups -OCH3 is 1. The first-order chi connectivity index (χ1) is 22.8. The molecule has 1 fully saturated rings. The molecule has 1 heterocycles. The van der Waals surface area contributed by atoms with Crippen molar-refractivity contribution in [3.8, 4) is 5.75 Å². The molecule has 4 aromatic carbocycles. The SMILES string of the molecule is COc1ccccc1N1CCN(c2ccc(NC(=O)Nc3cc(C(F)(F)F)cc(C(F)(F)F)c3)cc2C(=O)NCc2ccccc2)CC1. The van der Waals surface area contributed by atoms with Crippen LogP contribution in [0.5, 0.6) is 5.75 Å². The fraction of sp³-hybridized carbons (Fsp3) is 0.235. The Morgan fingerprint density at radius 1 is 0.688 bits per heavy atom. The monoisotopic (exact) mass is 671 g/mol. The number of rotatable bonds is 8. The Morgan fingerprint density at radius 3 is 1.85 bits per heavy atom. The maximum absolute atomic E-state index is 13.5. The average molecular weight is 672 g/mol.